The van der Waals surface area contributed by atoms with Crippen molar-refractivity contribution >= 4 is 53.0 Å². The molecule has 0 spiro atoms. The van der Waals surface area contributed by atoms with Gasteiger partial charge in [-0.15, -0.1) is 0 Å². The summed E-state index contributed by atoms with van der Waals surface area (Å²) in [5.74, 6) is -1.89. The van der Waals surface area contributed by atoms with Crippen LogP contribution in [0.25, 0.3) is 28.3 Å². The third-order valence-electron chi connectivity index (χ3n) is 12.7. The van der Waals surface area contributed by atoms with E-state index in [1.807, 2.05) is 43.5 Å². The van der Waals surface area contributed by atoms with Gasteiger partial charge in [-0.2, -0.15) is 5.10 Å². The number of benzene rings is 1. The van der Waals surface area contributed by atoms with Gasteiger partial charge in [0.15, 0.2) is 5.65 Å². The number of amides is 8. The van der Waals surface area contributed by atoms with E-state index in [1.54, 1.807) is 47.5 Å². The second-order valence-corrected chi connectivity index (χ2v) is 18.5. The number of nitrogens with two attached hydrogens (primary N) is 1. The largest absolute Gasteiger partial charge is 0.445 e. The molecule has 2 aliphatic rings. The molecule has 1 aliphatic carbocycles. The molecule has 21 heteroatoms. The molecule has 0 unspecified atom stereocenters. The van der Waals surface area contributed by atoms with Crippen LogP contribution in [0.5, 0.6) is 0 Å². The summed E-state index contributed by atoms with van der Waals surface area (Å²) in [7, 11) is 0. The molecule has 0 radical (unpaired) electrons. The molecule has 1 aliphatic heterocycles. The molecule has 7 rings (SSSR count). The predicted octanol–water partition coefficient (Wildman–Crippen LogP) is 5.46. The van der Waals surface area contributed by atoms with Crippen LogP contribution in [0.4, 0.5) is 15.3 Å². The van der Waals surface area contributed by atoms with Gasteiger partial charge in [-0.3, -0.25) is 38.8 Å². The minimum Gasteiger partial charge on any atom is -0.445 e. The van der Waals surface area contributed by atoms with Gasteiger partial charge in [0.25, 0.3) is 11.8 Å². The van der Waals surface area contributed by atoms with Crippen LogP contribution in [-0.2, 0) is 41.9 Å². The van der Waals surface area contributed by atoms with Crippen LogP contribution in [0.2, 0.25) is 0 Å². The molecule has 1 aromatic carbocycles. The molecule has 0 bridgehead atoms. The molecule has 4 aromatic heterocycles. The van der Waals surface area contributed by atoms with E-state index in [2.05, 4.69) is 36.3 Å². The lowest BCUT2D eigenvalue weighted by Gasteiger charge is -2.33. The van der Waals surface area contributed by atoms with Crippen LogP contribution in [0.1, 0.15) is 102 Å². The fraction of sp³-hybridized carbons (Fsp3) is 0.431. The van der Waals surface area contributed by atoms with Crippen molar-refractivity contribution in [1.29, 1.82) is 0 Å². The number of nitrogens with zero attached hydrogens (tertiary/aromatic N) is 7. The average Bonchev–Trinajstić information content (AvgIpc) is 4.11. The van der Waals surface area contributed by atoms with Crippen molar-refractivity contribution in [2.24, 2.45) is 11.7 Å². The molecule has 5 heterocycles. The number of carbonyl (C=O) groups excluding carboxylic acids is 7. The number of aromatic amines is 1. The number of hydrogen-bond donors (Lipinski definition) is 6. The first-order valence-corrected chi connectivity index (χ1v) is 24.5. The van der Waals surface area contributed by atoms with Gasteiger partial charge < -0.3 is 36.7 Å². The normalized spacial score (nSPS) is 14.6. The van der Waals surface area contributed by atoms with E-state index in [4.69, 9.17) is 20.4 Å². The number of pyridine rings is 2. The van der Waals surface area contributed by atoms with Crippen LogP contribution in [0, 0.1) is 12.8 Å². The lowest BCUT2D eigenvalue weighted by molar-refractivity contribution is -0.137. The van der Waals surface area contributed by atoms with Crippen LogP contribution < -0.4 is 27.0 Å². The highest BCUT2D eigenvalue weighted by molar-refractivity contribution is 6.12. The summed E-state index contributed by atoms with van der Waals surface area (Å²) in [5, 5.41) is 15.2. The van der Waals surface area contributed by atoms with E-state index in [1.165, 1.54) is 18.5 Å². The third-order valence-corrected chi connectivity index (χ3v) is 12.7. The van der Waals surface area contributed by atoms with Crippen molar-refractivity contribution < 1.29 is 38.3 Å². The fourth-order valence-corrected chi connectivity index (χ4v) is 8.78. The number of carbonyl (C=O) groups is 7. The Morgan fingerprint density at radius 3 is 2.38 bits per heavy atom. The number of unbranched alkanes of at least 4 members (excludes halogenated alkanes) is 2. The molecule has 1 fully saturated rings. The molecule has 7 N–H and O–H groups in total. The second-order valence-electron chi connectivity index (χ2n) is 18.5. The number of aromatic nitrogens is 6. The van der Waals surface area contributed by atoms with E-state index in [0.717, 1.165) is 54.0 Å². The van der Waals surface area contributed by atoms with Crippen molar-refractivity contribution in [3.05, 3.63) is 96.4 Å². The fourth-order valence-electron chi connectivity index (χ4n) is 8.78. The van der Waals surface area contributed by atoms with Crippen molar-refractivity contribution in [2.45, 2.75) is 123 Å². The van der Waals surface area contributed by atoms with Crippen molar-refractivity contribution in [1.82, 2.24) is 55.3 Å². The SMILES string of the molecule is Cc1cccc(-c2nc(CN(C(=O)OCc3ccc(NC(=O)[C@H](CCCNC(N)=O)NC(=O)[C@@H](NC(=O)CCCCCN4C(=O)C=CC4=O)C(C)C)cc3)C3CCCCC3)[nH]c2-c2ccc3ncnn3c2)n1. The number of primary amides is 1. The van der Waals surface area contributed by atoms with Gasteiger partial charge in [-0.1, -0.05) is 57.7 Å². The molecule has 2 atom stereocenters. The number of imide groups is 1. The number of aryl methyl sites for hydroxylation is 1. The van der Waals surface area contributed by atoms with Crippen LogP contribution >= 0.6 is 0 Å². The predicted molar refractivity (Wildman–Crippen MR) is 266 cm³/mol. The van der Waals surface area contributed by atoms with Crippen molar-refractivity contribution in [2.75, 3.05) is 18.4 Å². The number of nitrogens with one attached hydrogen (secondary N) is 5. The lowest BCUT2D eigenvalue weighted by atomic mass is 9.94. The highest BCUT2D eigenvalue weighted by atomic mass is 16.6. The number of hydrogen-bond acceptors (Lipinski definition) is 12. The zero-order valence-electron chi connectivity index (χ0n) is 40.9. The van der Waals surface area contributed by atoms with Gasteiger partial charge >= 0.3 is 12.1 Å². The first-order valence-electron chi connectivity index (χ1n) is 24.5. The topological polar surface area (TPSA) is 281 Å². The number of H-pyrrole nitrogens is 1. The summed E-state index contributed by atoms with van der Waals surface area (Å²) in [6, 6.07) is 13.6. The number of fused-ring (bicyclic) bond motifs is 1. The number of rotatable bonds is 23. The Morgan fingerprint density at radius 2 is 1.65 bits per heavy atom. The standard InChI is InChI=1S/C51H63N13O8/c1-32(2)45(61-42(65)17-8-5-9-27-62-43(66)24-25-44(62)67)49(69)58-39(16-11-26-53-50(52)70)48(68)57-36-21-18-34(19-22-36)30-72-51(71)63(37-13-6-4-7-14-37)29-40-59-46(35-20-23-41-54-31-55-64(41)28-35)47(60-40)38-15-10-12-33(3)56-38/h10,12,15,18-25,28,31-32,37,39,45H,4-9,11,13-14,16-17,26-27,29-30H2,1-3H3,(H,57,68)(H,58,69)(H,59,60)(H,61,65)(H3,52,53,70)/t39-,45-/m0/s1. The van der Waals surface area contributed by atoms with Crippen molar-refractivity contribution in [3.8, 4) is 22.6 Å². The molecule has 72 heavy (non-hydrogen) atoms. The molecular formula is C51H63N13O8. The maximum Gasteiger partial charge on any atom is 0.410 e. The summed E-state index contributed by atoms with van der Waals surface area (Å²) in [6.45, 7) is 6.03. The Labute approximate surface area is 417 Å². The first-order chi connectivity index (χ1) is 34.7. The Bertz CT molecular complexity index is 2740. The molecule has 8 amide bonds. The number of ether oxygens (including phenoxy) is 1. The smallest absolute Gasteiger partial charge is 0.410 e. The van der Waals surface area contributed by atoms with Gasteiger partial charge in [-0.25, -0.2) is 24.1 Å². The Balaban J connectivity index is 0.966. The highest BCUT2D eigenvalue weighted by Crippen LogP contribution is 2.31. The molecule has 1 saturated carbocycles. The zero-order valence-corrected chi connectivity index (χ0v) is 40.9. The van der Waals surface area contributed by atoms with E-state index >= 15 is 0 Å². The Kier molecular flexibility index (Phi) is 17.8. The summed E-state index contributed by atoms with van der Waals surface area (Å²) < 4.78 is 7.65. The van der Waals surface area contributed by atoms with Gasteiger partial charge in [0.2, 0.25) is 17.7 Å². The minimum absolute atomic E-state index is 0.0394. The van der Waals surface area contributed by atoms with E-state index in [-0.39, 0.29) is 68.8 Å². The quantitative estimate of drug-likeness (QED) is 0.0352. The van der Waals surface area contributed by atoms with Crippen molar-refractivity contribution in [3.63, 3.8) is 0 Å². The molecule has 380 valence electrons. The number of imidazole rings is 1. The molecule has 21 nitrogen and oxygen atoms in total. The van der Waals surface area contributed by atoms with Crippen LogP contribution in [0.15, 0.2) is 79.3 Å². The van der Waals surface area contributed by atoms with Crippen LogP contribution in [-0.4, -0.2) is 112 Å². The van der Waals surface area contributed by atoms with Gasteiger partial charge in [0, 0.05) is 60.8 Å². The molecule has 0 saturated heterocycles. The van der Waals surface area contributed by atoms with E-state index in [9.17, 15) is 33.6 Å². The van der Waals surface area contributed by atoms with Gasteiger partial charge in [0.1, 0.15) is 36.5 Å². The third kappa shape index (κ3) is 14.1. The summed E-state index contributed by atoms with van der Waals surface area (Å²) >= 11 is 0. The maximum absolute atomic E-state index is 14.1. The first kappa shape index (κ1) is 51.9. The minimum atomic E-state index is -1.05. The zero-order chi connectivity index (χ0) is 51.1. The summed E-state index contributed by atoms with van der Waals surface area (Å²) in [6.07, 6.45) is 12.2. The highest BCUT2D eigenvalue weighted by Gasteiger charge is 2.31. The molecular weight excluding hydrogens is 923 g/mol. The Morgan fingerprint density at radius 1 is 0.889 bits per heavy atom. The second kappa shape index (κ2) is 24.7. The van der Waals surface area contributed by atoms with Gasteiger partial charge in [0.05, 0.1) is 17.9 Å². The average molecular weight is 986 g/mol. The molecule has 5 aromatic rings. The van der Waals surface area contributed by atoms with E-state index in [0.29, 0.717) is 59.8 Å². The van der Waals surface area contributed by atoms with Gasteiger partial charge in [-0.05, 0) is 93.3 Å². The lowest BCUT2D eigenvalue weighted by Crippen LogP contribution is -2.54. The summed E-state index contributed by atoms with van der Waals surface area (Å²) in [4.78, 5) is 110. The number of urea groups is 1. The maximum atomic E-state index is 14.1. The summed E-state index contributed by atoms with van der Waals surface area (Å²) in [5.41, 5.74) is 10.8. The van der Waals surface area contributed by atoms with E-state index < -0.39 is 36.0 Å². The monoisotopic (exact) mass is 985 g/mol. The van der Waals surface area contributed by atoms with Crippen LogP contribution in [0.3, 0.4) is 0 Å². The Hall–Kier alpha value is -7.97. The number of anilines is 1.